The van der Waals surface area contributed by atoms with Crippen LogP contribution in [0.1, 0.15) is 18.5 Å². The van der Waals surface area contributed by atoms with Crippen LogP contribution in [0.4, 0.5) is 0 Å². The first-order chi connectivity index (χ1) is 10.2. The highest BCUT2D eigenvalue weighted by Crippen LogP contribution is 2.30. The van der Waals surface area contributed by atoms with Crippen molar-refractivity contribution >= 4 is 11.0 Å². The normalized spacial score (nSPS) is 12.5. The summed E-state index contributed by atoms with van der Waals surface area (Å²) >= 11 is 0. The van der Waals surface area contributed by atoms with Gasteiger partial charge in [-0.05, 0) is 62.0 Å². The Labute approximate surface area is 124 Å². The second-order valence-electron chi connectivity index (χ2n) is 5.15. The van der Waals surface area contributed by atoms with Gasteiger partial charge in [-0.2, -0.15) is 0 Å². The molecule has 1 atom stereocenters. The van der Waals surface area contributed by atoms with Gasteiger partial charge in [0.05, 0.1) is 7.11 Å². The number of hydrogen-bond acceptors (Lipinski definition) is 3. The summed E-state index contributed by atoms with van der Waals surface area (Å²) in [6.45, 7) is 2.14. The molecule has 2 aromatic carbocycles. The minimum atomic E-state index is 0.328. The molecule has 108 valence electrons. The van der Waals surface area contributed by atoms with E-state index in [4.69, 9.17) is 9.15 Å². The Morgan fingerprint density at radius 3 is 2.48 bits per heavy atom. The fraction of sp³-hybridized carbons (Fsp3) is 0.222. The number of fused-ring (bicyclic) bond motifs is 1. The van der Waals surface area contributed by atoms with Crippen molar-refractivity contribution in [1.82, 2.24) is 5.32 Å². The van der Waals surface area contributed by atoms with Gasteiger partial charge in [0.1, 0.15) is 17.1 Å². The van der Waals surface area contributed by atoms with Crippen LogP contribution < -0.4 is 10.1 Å². The molecule has 3 nitrogen and oxygen atoms in total. The fourth-order valence-electron chi connectivity index (χ4n) is 2.40. The number of benzene rings is 2. The van der Waals surface area contributed by atoms with Crippen molar-refractivity contribution in [2.75, 3.05) is 14.2 Å². The van der Waals surface area contributed by atoms with Crippen LogP contribution in [0.5, 0.6) is 5.75 Å². The third kappa shape index (κ3) is 2.65. The van der Waals surface area contributed by atoms with Crippen LogP contribution in [0.3, 0.4) is 0 Å². The highest BCUT2D eigenvalue weighted by atomic mass is 16.5. The van der Waals surface area contributed by atoms with Crippen LogP contribution in [0.15, 0.2) is 52.9 Å². The van der Waals surface area contributed by atoms with E-state index in [9.17, 15) is 0 Å². The van der Waals surface area contributed by atoms with Crippen LogP contribution in [0.2, 0.25) is 0 Å². The predicted octanol–water partition coefficient (Wildman–Crippen LogP) is 4.39. The Bertz CT molecular complexity index is 744. The molecule has 0 saturated heterocycles. The first-order valence-corrected chi connectivity index (χ1v) is 7.06. The number of nitrogens with one attached hydrogen (secondary N) is 1. The van der Waals surface area contributed by atoms with Gasteiger partial charge >= 0.3 is 0 Å². The summed E-state index contributed by atoms with van der Waals surface area (Å²) in [4.78, 5) is 0. The zero-order valence-electron chi connectivity index (χ0n) is 12.5. The van der Waals surface area contributed by atoms with Gasteiger partial charge in [0.25, 0.3) is 0 Å². The maximum Gasteiger partial charge on any atom is 0.135 e. The molecular weight excluding hydrogens is 262 g/mol. The smallest absolute Gasteiger partial charge is 0.135 e. The zero-order chi connectivity index (χ0) is 14.8. The average molecular weight is 281 g/mol. The van der Waals surface area contributed by atoms with Gasteiger partial charge in [-0.1, -0.05) is 6.07 Å². The summed E-state index contributed by atoms with van der Waals surface area (Å²) in [5.74, 6) is 1.72. The molecule has 1 N–H and O–H groups in total. The van der Waals surface area contributed by atoms with Crippen molar-refractivity contribution in [1.29, 1.82) is 0 Å². The molecule has 3 aromatic rings. The van der Waals surface area contributed by atoms with Crippen molar-refractivity contribution in [3.8, 4) is 17.1 Å². The number of furan rings is 1. The van der Waals surface area contributed by atoms with Crippen molar-refractivity contribution < 1.29 is 9.15 Å². The van der Waals surface area contributed by atoms with Crippen molar-refractivity contribution in [2.24, 2.45) is 0 Å². The zero-order valence-corrected chi connectivity index (χ0v) is 12.5. The van der Waals surface area contributed by atoms with Crippen molar-refractivity contribution in [3.63, 3.8) is 0 Å². The van der Waals surface area contributed by atoms with E-state index < -0.39 is 0 Å². The Balaban J connectivity index is 1.99. The molecule has 0 fully saturated rings. The molecular formula is C18H19NO2. The Morgan fingerprint density at radius 2 is 1.81 bits per heavy atom. The molecule has 0 spiro atoms. The summed E-state index contributed by atoms with van der Waals surface area (Å²) in [6, 6.07) is 16.6. The topological polar surface area (TPSA) is 34.4 Å². The van der Waals surface area contributed by atoms with Gasteiger partial charge in [-0.25, -0.2) is 0 Å². The molecule has 1 unspecified atom stereocenters. The standard InChI is InChI=1S/C18H19NO2/c1-12(19-2)14-6-9-17-15(10-14)11-18(21-17)13-4-7-16(20-3)8-5-13/h4-12,19H,1-3H3. The van der Waals surface area contributed by atoms with Crippen LogP contribution in [-0.2, 0) is 0 Å². The number of ether oxygens (including phenoxy) is 1. The lowest BCUT2D eigenvalue weighted by Crippen LogP contribution is -2.11. The van der Waals surface area contributed by atoms with Crippen LogP contribution >= 0.6 is 0 Å². The first-order valence-electron chi connectivity index (χ1n) is 7.06. The van der Waals surface area contributed by atoms with E-state index >= 15 is 0 Å². The highest BCUT2D eigenvalue weighted by Gasteiger charge is 2.09. The van der Waals surface area contributed by atoms with E-state index in [1.807, 2.05) is 37.4 Å². The van der Waals surface area contributed by atoms with Crippen LogP contribution in [0.25, 0.3) is 22.3 Å². The SMILES string of the molecule is CNC(C)c1ccc2oc(-c3ccc(OC)cc3)cc2c1. The summed E-state index contributed by atoms with van der Waals surface area (Å²) in [7, 11) is 3.63. The third-order valence-corrected chi connectivity index (χ3v) is 3.85. The van der Waals surface area contributed by atoms with E-state index in [1.54, 1.807) is 7.11 Å². The van der Waals surface area contributed by atoms with Gasteiger partial charge in [-0.3, -0.25) is 0 Å². The molecule has 1 heterocycles. The molecule has 0 aliphatic carbocycles. The lowest BCUT2D eigenvalue weighted by atomic mass is 10.1. The van der Waals surface area contributed by atoms with Crippen molar-refractivity contribution in [2.45, 2.75) is 13.0 Å². The minimum Gasteiger partial charge on any atom is -0.497 e. The number of rotatable bonds is 4. The Kier molecular flexibility index (Phi) is 3.67. The molecule has 0 radical (unpaired) electrons. The molecule has 0 amide bonds. The van der Waals surface area contributed by atoms with Crippen LogP contribution in [0, 0.1) is 0 Å². The highest BCUT2D eigenvalue weighted by molar-refractivity contribution is 5.83. The third-order valence-electron chi connectivity index (χ3n) is 3.85. The summed E-state index contributed by atoms with van der Waals surface area (Å²) < 4.78 is 11.1. The molecule has 0 aliphatic heterocycles. The quantitative estimate of drug-likeness (QED) is 0.770. The predicted molar refractivity (Wildman–Crippen MR) is 85.7 cm³/mol. The summed E-state index contributed by atoms with van der Waals surface area (Å²) in [5.41, 5.74) is 3.22. The summed E-state index contributed by atoms with van der Waals surface area (Å²) in [6.07, 6.45) is 0. The number of methoxy groups -OCH3 is 1. The van der Waals surface area contributed by atoms with E-state index in [0.717, 1.165) is 28.0 Å². The van der Waals surface area contributed by atoms with Gasteiger partial charge in [-0.15, -0.1) is 0 Å². The number of hydrogen-bond donors (Lipinski definition) is 1. The van der Waals surface area contributed by atoms with Gasteiger partial charge in [0, 0.05) is 17.0 Å². The van der Waals surface area contributed by atoms with Gasteiger partial charge in [0.15, 0.2) is 0 Å². The van der Waals surface area contributed by atoms with Crippen LogP contribution in [-0.4, -0.2) is 14.2 Å². The lowest BCUT2D eigenvalue weighted by Gasteiger charge is -2.09. The van der Waals surface area contributed by atoms with Gasteiger partial charge < -0.3 is 14.5 Å². The maximum absolute atomic E-state index is 5.93. The molecule has 3 rings (SSSR count). The first kappa shape index (κ1) is 13.7. The van der Waals surface area contributed by atoms with E-state index in [1.165, 1.54) is 5.56 Å². The fourth-order valence-corrected chi connectivity index (χ4v) is 2.40. The van der Waals surface area contributed by atoms with E-state index in [0.29, 0.717) is 6.04 Å². The average Bonchev–Trinajstić information content (AvgIpc) is 2.97. The molecule has 0 saturated carbocycles. The minimum absolute atomic E-state index is 0.328. The molecule has 21 heavy (non-hydrogen) atoms. The van der Waals surface area contributed by atoms with E-state index in [2.05, 4.69) is 30.4 Å². The van der Waals surface area contributed by atoms with E-state index in [-0.39, 0.29) is 0 Å². The molecule has 3 heteroatoms. The monoisotopic (exact) mass is 281 g/mol. The molecule has 1 aromatic heterocycles. The molecule has 0 bridgehead atoms. The lowest BCUT2D eigenvalue weighted by molar-refractivity contribution is 0.415. The molecule has 0 aliphatic rings. The Morgan fingerprint density at radius 1 is 1.05 bits per heavy atom. The second-order valence-corrected chi connectivity index (χ2v) is 5.15. The largest absolute Gasteiger partial charge is 0.497 e. The van der Waals surface area contributed by atoms with Gasteiger partial charge in [0.2, 0.25) is 0 Å². The van der Waals surface area contributed by atoms with Crippen molar-refractivity contribution in [3.05, 3.63) is 54.1 Å². The summed E-state index contributed by atoms with van der Waals surface area (Å²) in [5, 5.41) is 4.38. The second kappa shape index (κ2) is 5.62. The maximum atomic E-state index is 5.93. The Hall–Kier alpha value is -2.26.